The number of pyridine rings is 1. The van der Waals surface area contributed by atoms with Crippen LogP contribution in [-0.4, -0.2) is 86.9 Å². The number of imidazole rings is 1. The molecule has 0 atom stereocenters. The zero-order valence-corrected chi connectivity index (χ0v) is 30.0. The van der Waals surface area contributed by atoms with Crippen molar-refractivity contribution in [2.75, 3.05) is 61.0 Å². The van der Waals surface area contributed by atoms with Gasteiger partial charge in [0.05, 0.1) is 35.1 Å². The summed E-state index contributed by atoms with van der Waals surface area (Å²) in [7, 11) is 1.84. The lowest BCUT2D eigenvalue weighted by Gasteiger charge is -2.39. The van der Waals surface area contributed by atoms with Gasteiger partial charge in [0.15, 0.2) is 0 Å². The molecule has 0 saturated carbocycles. The van der Waals surface area contributed by atoms with E-state index in [2.05, 4.69) is 37.0 Å². The molecule has 0 radical (unpaired) electrons. The maximum Gasteiger partial charge on any atom is 0.258 e. The van der Waals surface area contributed by atoms with E-state index in [9.17, 15) is 18.4 Å². The topological polar surface area (TPSA) is 114 Å². The molecule has 276 valence electrons. The van der Waals surface area contributed by atoms with Crippen LogP contribution in [-0.2, 0) is 18.4 Å². The van der Waals surface area contributed by atoms with E-state index < -0.39 is 11.6 Å². The number of ether oxygens (including phenoxy) is 1. The van der Waals surface area contributed by atoms with Gasteiger partial charge in [-0.05, 0) is 81.5 Å². The van der Waals surface area contributed by atoms with E-state index >= 15 is 0 Å². The Bertz CT molecular complexity index is 2150. The standard InChI is InChI=1S/C39H43F2N9O3/c1-25-18-27-19-34(43-25)32-24-42-46(2)38(32)53-17-5-3-4-10-50-35-23-30(6-7-33(35)44-39(50)45-36(27)51)47-11-8-26(9-12-47)37(52)49-15-13-48(14-16-49)31-21-28(40)20-29(41)22-31/h6-7,18-24,26H,3-5,8-17H2,1-2H3,(H,44,45,51). The Labute approximate surface area is 306 Å². The third-order valence-corrected chi connectivity index (χ3v) is 10.6. The minimum atomic E-state index is -0.600. The van der Waals surface area contributed by atoms with Gasteiger partial charge in [-0.15, -0.1) is 0 Å². The zero-order valence-electron chi connectivity index (χ0n) is 30.0. The molecule has 53 heavy (non-hydrogen) atoms. The smallest absolute Gasteiger partial charge is 0.258 e. The number of carbonyl (C=O) groups excluding carboxylic acids is 2. The van der Waals surface area contributed by atoms with Crippen LogP contribution in [0.25, 0.3) is 22.3 Å². The Hall–Kier alpha value is -5.53. The van der Waals surface area contributed by atoms with Crippen molar-refractivity contribution in [1.29, 1.82) is 0 Å². The Balaban J connectivity index is 0.961. The van der Waals surface area contributed by atoms with Gasteiger partial charge >= 0.3 is 0 Å². The third kappa shape index (κ3) is 7.14. The van der Waals surface area contributed by atoms with Gasteiger partial charge in [0.25, 0.3) is 5.91 Å². The van der Waals surface area contributed by atoms with Gasteiger partial charge in [0, 0.05) is 87.5 Å². The fraction of sp³-hybridized carbons (Fsp3) is 0.410. The predicted molar refractivity (Wildman–Crippen MR) is 198 cm³/mol. The average molecular weight is 724 g/mol. The molecule has 2 saturated heterocycles. The molecule has 2 fully saturated rings. The normalized spacial score (nSPS) is 17.4. The lowest BCUT2D eigenvalue weighted by molar-refractivity contribution is -0.136. The highest BCUT2D eigenvalue weighted by Gasteiger charge is 2.31. The van der Waals surface area contributed by atoms with E-state index in [0.717, 1.165) is 73.5 Å². The van der Waals surface area contributed by atoms with Gasteiger partial charge in [-0.3, -0.25) is 19.9 Å². The molecule has 3 aliphatic heterocycles. The van der Waals surface area contributed by atoms with Crippen LogP contribution >= 0.6 is 0 Å². The molecule has 1 N–H and O–H groups in total. The number of amides is 2. The van der Waals surface area contributed by atoms with Gasteiger partial charge in [-0.1, -0.05) is 0 Å². The highest BCUT2D eigenvalue weighted by atomic mass is 19.1. The summed E-state index contributed by atoms with van der Waals surface area (Å²) in [5.74, 6) is -0.259. The largest absolute Gasteiger partial charge is 0.477 e. The molecule has 5 aromatic rings. The molecule has 8 rings (SSSR count). The fourth-order valence-electron chi connectivity index (χ4n) is 7.78. The van der Waals surface area contributed by atoms with E-state index in [1.165, 1.54) is 12.1 Å². The Morgan fingerprint density at radius 2 is 1.60 bits per heavy atom. The molecule has 6 heterocycles. The molecule has 3 aromatic heterocycles. The van der Waals surface area contributed by atoms with E-state index in [0.29, 0.717) is 73.8 Å². The first-order valence-electron chi connectivity index (χ1n) is 18.4. The van der Waals surface area contributed by atoms with Gasteiger partial charge in [0.2, 0.25) is 17.7 Å². The van der Waals surface area contributed by atoms with Crippen LogP contribution in [0.4, 0.5) is 26.1 Å². The van der Waals surface area contributed by atoms with Crippen LogP contribution in [0.2, 0.25) is 0 Å². The maximum atomic E-state index is 13.8. The number of piperidine rings is 1. The molecular formula is C39H43F2N9O3. The average Bonchev–Trinajstić information content (AvgIpc) is 3.70. The molecule has 2 bridgehead atoms. The summed E-state index contributed by atoms with van der Waals surface area (Å²) < 4.78 is 37.5. The van der Waals surface area contributed by atoms with Crippen LogP contribution in [0.1, 0.15) is 48.2 Å². The lowest BCUT2D eigenvalue weighted by atomic mass is 9.94. The molecule has 12 nitrogen and oxygen atoms in total. The number of nitrogens with one attached hydrogen (secondary N) is 1. The van der Waals surface area contributed by atoms with Gasteiger partial charge in [-0.2, -0.15) is 5.10 Å². The first-order valence-corrected chi connectivity index (χ1v) is 18.4. The maximum absolute atomic E-state index is 13.8. The number of benzene rings is 2. The summed E-state index contributed by atoms with van der Waals surface area (Å²) >= 11 is 0. The summed E-state index contributed by atoms with van der Waals surface area (Å²) in [5, 5.41) is 7.47. The number of carbonyl (C=O) groups is 2. The molecule has 0 aliphatic carbocycles. The van der Waals surface area contributed by atoms with Crippen molar-refractivity contribution in [1.82, 2.24) is 29.2 Å². The van der Waals surface area contributed by atoms with Crippen LogP contribution < -0.4 is 19.9 Å². The molecule has 14 heteroatoms. The van der Waals surface area contributed by atoms with Gasteiger partial charge in [0.1, 0.15) is 11.6 Å². The number of fused-ring (bicyclic) bond motifs is 7. The molecule has 0 unspecified atom stereocenters. The molecule has 0 spiro atoms. The summed E-state index contributed by atoms with van der Waals surface area (Å²) in [5.41, 5.74) is 5.84. The second-order valence-corrected chi connectivity index (χ2v) is 14.2. The van der Waals surface area contributed by atoms with E-state index in [1.807, 2.05) is 29.8 Å². The highest BCUT2D eigenvalue weighted by Crippen LogP contribution is 2.32. The molecule has 2 aromatic carbocycles. The Morgan fingerprint density at radius 3 is 2.38 bits per heavy atom. The SMILES string of the molecule is Cc1cc2cc(n1)-c1cnn(C)c1OCCCCCn1c(nc3ccc(N4CCC(C(=O)N5CCN(c6cc(F)cc(F)c6)CC5)CC4)cc31)NC2=O. The minimum Gasteiger partial charge on any atom is -0.477 e. The molecule has 2 amide bonds. The number of rotatable bonds is 3. The zero-order chi connectivity index (χ0) is 36.6. The van der Waals surface area contributed by atoms with Crippen molar-refractivity contribution in [3.8, 4) is 17.1 Å². The molecular weight excluding hydrogens is 680 g/mol. The highest BCUT2D eigenvalue weighted by molar-refractivity contribution is 6.05. The Morgan fingerprint density at radius 1 is 0.849 bits per heavy atom. The lowest BCUT2D eigenvalue weighted by Crippen LogP contribution is -2.51. The summed E-state index contributed by atoms with van der Waals surface area (Å²) in [6, 6.07) is 13.3. The van der Waals surface area contributed by atoms with Crippen LogP contribution in [0.5, 0.6) is 5.88 Å². The number of nitrogens with zero attached hydrogens (tertiary/aromatic N) is 8. The second-order valence-electron chi connectivity index (χ2n) is 14.2. The van der Waals surface area contributed by atoms with Crippen molar-refractivity contribution in [2.24, 2.45) is 13.0 Å². The number of hydrogen-bond acceptors (Lipinski definition) is 8. The first-order chi connectivity index (χ1) is 25.7. The predicted octanol–water partition coefficient (Wildman–Crippen LogP) is 5.80. The van der Waals surface area contributed by atoms with E-state index in [1.54, 1.807) is 23.0 Å². The second kappa shape index (κ2) is 14.5. The summed E-state index contributed by atoms with van der Waals surface area (Å²) in [6.07, 6.45) is 5.84. The monoisotopic (exact) mass is 723 g/mol. The van der Waals surface area contributed by atoms with Gasteiger partial charge in [-0.25, -0.2) is 18.4 Å². The van der Waals surface area contributed by atoms with Crippen molar-refractivity contribution >= 4 is 40.2 Å². The van der Waals surface area contributed by atoms with Crippen molar-refractivity contribution in [2.45, 2.75) is 45.6 Å². The fourth-order valence-corrected chi connectivity index (χ4v) is 7.78. The third-order valence-electron chi connectivity index (χ3n) is 10.6. The number of piperazine rings is 1. The molecule has 3 aliphatic rings. The Kier molecular flexibility index (Phi) is 9.44. The van der Waals surface area contributed by atoms with Gasteiger partial charge < -0.3 is 24.0 Å². The quantitative estimate of drug-likeness (QED) is 0.249. The van der Waals surface area contributed by atoms with E-state index in [-0.39, 0.29) is 17.7 Å². The number of aromatic nitrogens is 5. The van der Waals surface area contributed by atoms with E-state index in [4.69, 9.17) is 9.72 Å². The van der Waals surface area contributed by atoms with Crippen molar-refractivity contribution < 1.29 is 23.1 Å². The van der Waals surface area contributed by atoms with Crippen LogP contribution in [0.15, 0.2) is 54.7 Å². The number of anilines is 3. The van der Waals surface area contributed by atoms with Crippen molar-refractivity contribution in [3.63, 3.8) is 0 Å². The van der Waals surface area contributed by atoms with Crippen LogP contribution in [0.3, 0.4) is 0 Å². The minimum absolute atomic E-state index is 0.0677. The van der Waals surface area contributed by atoms with Crippen molar-refractivity contribution in [3.05, 3.63) is 77.6 Å². The number of halogens is 2. The summed E-state index contributed by atoms with van der Waals surface area (Å²) in [6.45, 7) is 6.67. The number of hydrogen-bond donors (Lipinski definition) is 1. The first kappa shape index (κ1) is 34.6. The summed E-state index contributed by atoms with van der Waals surface area (Å²) in [4.78, 5) is 43.0. The van der Waals surface area contributed by atoms with Crippen LogP contribution in [0, 0.1) is 24.5 Å². The number of aryl methyl sites for hydroxylation is 3.